The Hall–Kier alpha value is -2.76. The number of hydrogen-bond donors (Lipinski definition) is 1. The number of rotatable bonds is 3. The van der Waals surface area contributed by atoms with Gasteiger partial charge in [-0.25, -0.2) is 0 Å². The third-order valence-corrected chi connectivity index (χ3v) is 6.90. The summed E-state index contributed by atoms with van der Waals surface area (Å²) in [7, 11) is 0. The first kappa shape index (κ1) is 17.1. The standard InChI is InChI=1S/C24H22N2O2S/c1-2-4-23-18(3-1)20(15-29-23)16-8-11-26(12-9-16)13-17-14-27-22-6-5-21-19(7-10-25-21)24(22)28-17/h1-8,10,15,17,25H,9,11-14H2. The number of aromatic nitrogens is 1. The summed E-state index contributed by atoms with van der Waals surface area (Å²) in [4.78, 5) is 5.71. The van der Waals surface area contributed by atoms with Crippen LogP contribution in [0, 0.1) is 0 Å². The molecule has 1 unspecified atom stereocenters. The molecule has 29 heavy (non-hydrogen) atoms. The number of nitrogens with one attached hydrogen (secondary N) is 1. The molecule has 0 bridgehead atoms. The minimum Gasteiger partial charge on any atom is -0.486 e. The molecule has 0 spiro atoms. The molecule has 4 nitrogen and oxygen atoms in total. The van der Waals surface area contributed by atoms with Gasteiger partial charge in [-0.15, -0.1) is 11.3 Å². The average Bonchev–Trinajstić information content (AvgIpc) is 3.42. The Bertz CT molecular complexity index is 1220. The molecule has 0 saturated heterocycles. The Morgan fingerprint density at radius 1 is 1.10 bits per heavy atom. The topological polar surface area (TPSA) is 37.5 Å². The number of thiophene rings is 1. The molecule has 6 rings (SSSR count). The molecule has 4 aromatic rings. The highest BCUT2D eigenvalue weighted by Crippen LogP contribution is 2.39. The van der Waals surface area contributed by atoms with Gasteiger partial charge in [0.1, 0.15) is 12.7 Å². The van der Waals surface area contributed by atoms with Crippen LogP contribution < -0.4 is 9.47 Å². The highest BCUT2D eigenvalue weighted by Gasteiger charge is 2.26. The molecule has 2 aromatic heterocycles. The maximum Gasteiger partial charge on any atom is 0.171 e. The van der Waals surface area contributed by atoms with Crippen molar-refractivity contribution in [3.63, 3.8) is 0 Å². The molecule has 4 heterocycles. The molecule has 1 N–H and O–H groups in total. The van der Waals surface area contributed by atoms with E-state index in [2.05, 4.69) is 51.7 Å². The molecule has 2 aromatic carbocycles. The number of fused-ring (bicyclic) bond motifs is 4. The summed E-state index contributed by atoms with van der Waals surface area (Å²) < 4.78 is 13.7. The van der Waals surface area contributed by atoms with Crippen molar-refractivity contribution in [1.29, 1.82) is 0 Å². The third kappa shape index (κ3) is 3.02. The SMILES string of the molecule is C1=C(c2csc3ccccc23)CCN(CC2COc3ccc4[nH]ccc4c3O2)C1. The van der Waals surface area contributed by atoms with Gasteiger partial charge in [0.2, 0.25) is 0 Å². The van der Waals surface area contributed by atoms with E-state index in [0.29, 0.717) is 6.61 Å². The van der Waals surface area contributed by atoms with Crippen molar-refractivity contribution in [3.05, 3.63) is 65.7 Å². The van der Waals surface area contributed by atoms with Crippen LogP contribution in [0.3, 0.4) is 0 Å². The van der Waals surface area contributed by atoms with Crippen LogP contribution in [0.2, 0.25) is 0 Å². The summed E-state index contributed by atoms with van der Waals surface area (Å²) >= 11 is 1.84. The Morgan fingerprint density at radius 2 is 2.07 bits per heavy atom. The van der Waals surface area contributed by atoms with Gasteiger partial charge >= 0.3 is 0 Å². The van der Waals surface area contributed by atoms with Crippen molar-refractivity contribution >= 4 is 37.9 Å². The van der Waals surface area contributed by atoms with E-state index in [1.54, 1.807) is 0 Å². The van der Waals surface area contributed by atoms with E-state index in [0.717, 1.165) is 48.5 Å². The quantitative estimate of drug-likeness (QED) is 0.504. The number of aromatic amines is 1. The van der Waals surface area contributed by atoms with Crippen LogP contribution in [-0.2, 0) is 0 Å². The fourth-order valence-electron chi connectivity index (χ4n) is 4.43. The van der Waals surface area contributed by atoms with Gasteiger partial charge in [0.15, 0.2) is 11.5 Å². The summed E-state index contributed by atoms with van der Waals surface area (Å²) in [5.41, 5.74) is 3.96. The van der Waals surface area contributed by atoms with Gasteiger partial charge in [0.05, 0.1) is 0 Å². The maximum atomic E-state index is 6.36. The molecule has 146 valence electrons. The fraction of sp³-hybridized carbons (Fsp3) is 0.250. The van der Waals surface area contributed by atoms with Crippen LogP contribution in [0.15, 0.2) is 60.1 Å². The normalized spacial score (nSPS) is 19.6. The van der Waals surface area contributed by atoms with Crippen molar-refractivity contribution in [2.75, 3.05) is 26.2 Å². The highest BCUT2D eigenvalue weighted by molar-refractivity contribution is 7.17. The van der Waals surface area contributed by atoms with E-state index in [4.69, 9.17) is 9.47 Å². The lowest BCUT2D eigenvalue weighted by molar-refractivity contribution is 0.0633. The van der Waals surface area contributed by atoms with E-state index in [1.165, 1.54) is 21.2 Å². The van der Waals surface area contributed by atoms with Gasteiger partial charge < -0.3 is 14.5 Å². The van der Waals surface area contributed by atoms with Crippen LogP contribution in [-0.4, -0.2) is 42.2 Å². The van der Waals surface area contributed by atoms with Crippen molar-refractivity contribution < 1.29 is 9.47 Å². The smallest absolute Gasteiger partial charge is 0.171 e. The van der Waals surface area contributed by atoms with E-state index in [1.807, 2.05) is 29.7 Å². The molecule has 0 radical (unpaired) electrons. The van der Waals surface area contributed by atoms with Crippen LogP contribution in [0.4, 0.5) is 0 Å². The summed E-state index contributed by atoms with van der Waals surface area (Å²) in [6, 6.07) is 14.8. The van der Waals surface area contributed by atoms with Crippen molar-refractivity contribution in [1.82, 2.24) is 9.88 Å². The third-order valence-electron chi connectivity index (χ3n) is 5.94. The summed E-state index contributed by atoms with van der Waals surface area (Å²) in [5, 5.41) is 4.79. The molecule has 2 aliphatic heterocycles. The maximum absolute atomic E-state index is 6.36. The van der Waals surface area contributed by atoms with E-state index in [9.17, 15) is 0 Å². The Kier molecular flexibility index (Phi) is 4.10. The van der Waals surface area contributed by atoms with Crippen LogP contribution >= 0.6 is 11.3 Å². The minimum absolute atomic E-state index is 0.0555. The van der Waals surface area contributed by atoms with Gasteiger partial charge in [-0.1, -0.05) is 24.3 Å². The fourth-order valence-corrected chi connectivity index (χ4v) is 5.42. The van der Waals surface area contributed by atoms with E-state index >= 15 is 0 Å². The Morgan fingerprint density at radius 3 is 3.00 bits per heavy atom. The van der Waals surface area contributed by atoms with Gasteiger partial charge in [-0.05, 0) is 52.6 Å². The van der Waals surface area contributed by atoms with E-state index in [-0.39, 0.29) is 6.10 Å². The molecule has 0 aliphatic carbocycles. The average molecular weight is 403 g/mol. The van der Waals surface area contributed by atoms with Gasteiger partial charge in [0.25, 0.3) is 0 Å². The predicted molar refractivity (Wildman–Crippen MR) is 119 cm³/mol. The molecule has 2 aliphatic rings. The number of H-pyrrole nitrogens is 1. The van der Waals surface area contributed by atoms with E-state index < -0.39 is 0 Å². The monoisotopic (exact) mass is 402 g/mol. The molecular weight excluding hydrogens is 380 g/mol. The zero-order valence-corrected chi connectivity index (χ0v) is 16.9. The van der Waals surface area contributed by atoms with Crippen LogP contribution in [0.5, 0.6) is 11.5 Å². The summed E-state index contributed by atoms with van der Waals surface area (Å²) in [6.07, 6.45) is 5.47. The van der Waals surface area contributed by atoms with Gasteiger partial charge in [-0.2, -0.15) is 0 Å². The number of nitrogens with zero attached hydrogens (tertiary/aromatic N) is 1. The second kappa shape index (κ2) is 6.94. The van der Waals surface area contributed by atoms with Crippen molar-refractivity contribution in [3.8, 4) is 11.5 Å². The zero-order chi connectivity index (χ0) is 19.2. The second-order valence-corrected chi connectivity index (χ2v) is 8.68. The molecule has 0 saturated carbocycles. The van der Waals surface area contributed by atoms with Crippen LogP contribution in [0.25, 0.3) is 26.6 Å². The lowest BCUT2D eigenvalue weighted by Gasteiger charge is -2.33. The lowest BCUT2D eigenvalue weighted by atomic mass is 9.99. The molecule has 0 fully saturated rings. The highest BCUT2D eigenvalue weighted by atomic mass is 32.1. The zero-order valence-electron chi connectivity index (χ0n) is 16.1. The van der Waals surface area contributed by atoms with Crippen molar-refractivity contribution in [2.24, 2.45) is 0 Å². The van der Waals surface area contributed by atoms with Gasteiger partial charge in [0, 0.05) is 41.4 Å². The van der Waals surface area contributed by atoms with Crippen molar-refractivity contribution in [2.45, 2.75) is 12.5 Å². The first-order valence-electron chi connectivity index (χ1n) is 10.1. The summed E-state index contributed by atoms with van der Waals surface area (Å²) in [6.45, 7) is 3.50. The first-order chi connectivity index (χ1) is 14.3. The first-order valence-corrected chi connectivity index (χ1v) is 11.0. The lowest BCUT2D eigenvalue weighted by Crippen LogP contribution is -2.42. The number of hydrogen-bond acceptors (Lipinski definition) is 4. The Balaban J connectivity index is 1.17. The largest absolute Gasteiger partial charge is 0.486 e. The minimum atomic E-state index is 0.0555. The number of ether oxygens (including phenoxy) is 2. The molecular formula is C24H22N2O2S. The number of benzene rings is 2. The molecule has 1 atom stereocenters. The molecule has 5 heteroatoms. The van der Waals surface area contributed by atoms with Crippen LogP contribution in [0.1, 0.15) is 12.0 Å². The summed E-state index contributed by atoms with van der Waals surface area (Å²) in [5.74, 6) is 1.72. The molecule has 0 amide bonds. The predicted octanol–water partition coefficient (Wildman–Crippen LogP) is 5.31. The second-order valence-electron chi connectivity index (χ2n) is 7.77. The van der Waals surface area contributed by atoms with Gasteiger partial charge in [-0.3, -0.25) is 4.90 Å². The Labute approximate surface area is 173 Å².